The van der Waals surface area contributed by atoms with Crippen LogP contribution in [0, 0.1) is 0 Å². The van der Waals surface area contributed by atoms with Crippen molar-refractivity contribution >= 4 is 10.0 Å². The molecule has 0 atom stereocenters. The van der Waals surface area contributed by atoms with E-state index in [0.29, 0.717) is 13.1 Å². The van der Waals surface area contributed by atoms with Crippen LogP contribution in [-0.2, 0) is 23.0 Å². The SMILES string of the molecule is [11CH3]S(=O)(=O)N1CCc2ccccc2C1. The molecule has 0 aliphatic carbocycles. The van der Waals surface area contributed by atoms with Crippen LogP contribution in [0.4, 0.5) is 0 Å². The van der Waals surface area contributed by atoms with Gasteiger partial charge in [0.25, 0.3) is 0 Å². The first kappa shape index (κ1) is 9.68. The summed E-state index contributed by atoms with van der Waals surface area (Å²) >= 11 is 0. The van der Waals surface area contributed by atoms with Crippen molar-refractivity contribution in [3.63, 3.8) is 0 Å². The highest BCUT2D eigenvalue weighted by Gasteiger charge is 2.22. The van der Waals surface area contributed by atoms with Crippen molar-refractivity contribution < 1.29 is 8.42 Å². The van der Waals surface area contributed by atoms with Gasteiger partial charge in [-0.2, -0.15) is 4.31 Å². The molecule has 1 aliphatic rings. The van der Waals surface area contributed by atoms with E-state index in [2.05, 4.69) is 6.07 Å². The number of fused-ring (bicyclic) bond motifs is 1. The van der Waals surface area contributed by atoms with E-state index in [1.165, 1.54) is 16.1 Å². The van der Waals surface area contributed by atoms with Crippen LogP contribution >= 0.6 is 0 Å². The lowest BCUT2D eigenvalue weighted by Crippen LogP contribution is -2.35. The van der Waals surface area contributed by atoms with Crippen LogP contribution in [0.2, 0.25) is 0 Å². The van der Waals surface area contributed by atoms with Crippen LogP contribution in [-0.4, -0.2) is 25.5 Å². The molecule has 0 bridgehead atoms. The Morgan fingerprint density at radius 3 is 2.50 bits per heavy atom. The molecule has 0 N–H and O–H groups in total. The maximum Gasteiger partial charge on any atom is 0.211 e. The highest BCUT2D eigenvalue weighted by molar-refractivity contribution is 7.88. The van der Waals surface area contributed by atoms with E-state index < -0.39 is 10.0 Å². The monoisotopic (exact) mass is 210 g/mol. The highest BCUT2D eigenvalue weighted by atomic mass is 32.2. The predicted octanol–water partition coefficient (Wildman–Crippen LogP) is 1.00. The number of nitrogens with zero attached hydrogens (tertiary/aromatic N) is 1. The lowest BCUT2D eigenvalue weighted by Gasteiger charge is -2.26. The largest absolute Gasteiger partial charge is 0.212 e. The van der Waals surface area contributed by atoms with Gasteiger partial charge in [-0.15, -0.1) is 0 Å². The maximum atomic E-state index is 11.3. The minimum atomic E-state index is -3.04. The molecule has 1 aliphatic heterocycles. The van der Waals surface area contributed by atoms with Crippen LogP contribution in [0.15, 0.2) is 24.3 Å². The van der Waals surface area contributed by atoms with E-state index in [1.54, 1.807) is 0 Å². The summed E-state index contributed by atoms with van der Waals surface area (Å²) in [7, 11) is -3.04. The summed E-state index contributed by atoms with van der Waals surface area (Å²) in [4.78, 5) is 0. The van der Waals surface area contributed by atoms with Gasteiger partial charge < -0.3 is 0 Å². The van der Waals surface area contributed by atoms with E-state index in [4.69, 9.17) is 0 Å². The topological polar surface area (TPSA) is 37.4 Å². The lowest BCUT2D eigenvalue weighted by molar-refractivity contribution is 0.395. The molecule has 0 spiro atoms. The van der Waals surface area contributed by atoms with Crippen molar-refractivity contribution in [3.8, 4) is 0 Å². The third kappa shape index (κ3) is 1.81. The van der Waals surface area contributed by atoms with E-state index >= 15 is 0 Å². The molecule has 0 unspecified atom stereocenters. The maximum absolute atomic E-state index is 11.3. The molecule has 0 fully saturated rings. The van der Waals surface area contributed by atoms with Crippen molar-refractivity contribution in [2.45, 2.75) is 13.0 Å². The lowest BCUT2D eigenvalue weighted by atomic mass is 10.0. The van der Waals surface area contributed by atoms with Crippen molar-refractivity contribution in [1.29, 1.82) is 0 Å². The smallest absolute Gasteiger partial charge is 0.211 e. The van der Waals surface area contributed by atoms with Crippen molar-refractivity contribution in [2.75, 3.05) is 12.8 Å². The molecular weight excluding hydrogens is 197 g/mol. The normalized spacial score (nSPS) is 17.8. The molecule has 0 aromatic heterocycles. The van der Waals surface area contributed by atoms with Crippen molar-refractivity contribution in [2.24, 2.45) is 0 Å². The van der Waals surface area contributed by atoms with Gasteiger partial charge in [-0.3, -0.25) is 0 Å². The molecule has 1 aromatic carbocycles. The Hall–Kier alpha value is -0.870. The van der Waals surface area contributed by atoms with E-state index in [0.717, 1.165) is 12.0 Å². The fraction of sp³-hybridized carbons (Fsp3) is 0.400. The standard InChI is InChI=1S/C10H13NO2S/c1-14(12,13)11-7-6-9-4-2-3-5-10(9)8-11/h2-5H,6-8H2,1H3/i1-1. The zero-order valence-corrected chi connectivity index (χ0v) is 8.92. The molecule has 1 heterocycles. The number of sulfonamides is 1. The van der Waals surface area contributed by atoms with Crippen molar-refractivity contribution in [3.05, 3.63) is 35.4 Å². The molecule has 4 heteroatoms. The van der Waals surface area contributed by atoms with Gasteiger partial charge in [0.2, 0.25) is 10.0 Å². The number of hydrogen-bond donors (Lipinski definition) is 0. The highest BCUT2D eigenvalue weighted by Crippen LogP contribution is 2.19. The van der Waals surface area contributed by atoms with Gasteiger partial charge in [0.1, 0.15) is 0 Å². The summed E-state index contributed by atoms with van der Waals surface area (Å²) in [5, 5.41) is 0. The Balaban J connectivity index is 2.30. The molecule has 2 rings (SSSR count). The molecular formula is C10H13NO2S. The van der Waals surface area contributed by atoms with Gasteiger partial charge in [0, 0.05) is 13.1 Å². The zero-order valence-electron chi connectivity index (χ0n) is 8.10. The van der Waals surface area contributed by atoms with Gasteiger partial charge >= 0.3 is 0 Å². The van der Waals surface area contributed by atoms with Crippen LogP contribution < -0.4 is 0 Å². The summed E-state index contributed by atoms with van der Waals surface area (Å²) in [6.45, 7) is 1.13. The molecule has 1 aromatic rings. The van der Waals surface area contributed by atoms with Gasteiger partial charge in [-0.05, 0) is 17.5 Å². The Kier molecular flexibility index (Phi) is 2.33. The number of benzene rings is 1. The van der Waals surface area contributed by atoms with Crippen LogP contribution in [0.1, 0.15) is 11.1 Å². The summed E-state index contributed by atoms with van der Waals surface area (Å²) in [6, 6.07) is 8.00. The molecule has 0 radical (unpaired) electrons. The van der Waals surface area contributed by atoms with Gasteiger partial charge in [0.15, 0.2) is 0 Å². The fourth-order valence-corrected chi connectivity index (χ4v) is 2.55. The molecule has 3 nitrogen and oxygen atoms in total. The van der Waals surface area contributed by atoms with Crippen LogP contribution in [0.25, 0.3) is 0 Å². The first-order valence-electron chi connectivity index (χ1n) is 4.59. The van der Waals surface area contributed by atoms with E-state index in [1.807, 2.05) is 18.2 Å². The minimum absolute atomic E-state index is 0.523. The Morgan fingerprint density at radius 2 is 1.86 bits per heavy atom. The zero-order chi connectivity index (χ0) is 10.2. The summed E-state index contributed by atoms with van der Waals surface area (Å²) in [5.41, 5.74) is 2.40. The average molecular weight is 210 g/mol. The Labute approximate surface area is 84.4 Å². The number of rotatable bonds is 1. The predicted molar refractivity (Wildman–Crippen MR) is 55.4 cm³/mol. The second-order valence-electron chi connectivity index (χ2n) is 3.62. The molecule has 76 valence electrons. The summed E-state index contributed by atoms with van der Waals surface area (Å²) in [6.07, 6.45) is 2.09. The summed E-state index contributed by atoms with van der Waals surface area (Å²) in [5.74, 6) is 0. The minimum Gasteiger partial charge on any atom is -0.212 e. The summed E-state index contributed by atoms with van der Waals surface area (Å²) < 4.78 is 24.2. The van der Waals surface area contributed by atoms with Gasteiger partial charge in [-0.25, -0.2) is 8.42 Å². The fourth-order valence-electron chi connectivity index (χ4n) is 1.75. The van der Waals surface area contributed by atoms with Crippen LogP contribution in [0.5, 0.6) is 0 Å². The average Bonchev–Trinajstić information content (AvgIpc) is 2.16. The van der Waals surface area contributed by atoms with Crippen molar-refractivity contribution in [1.82, 2.24) is 4.31 Å². The molecule has 0 amide bonds. The first-order chi connectivity index (χ1) is 6.57. The Bertz CT molecular complexity index is 439. The molecule has 14 heavy (non-hydrogen) atoms. The molecule has 0 saturated heterocycles. The van der Waals surface area contributed by atoms with Gasteiger partial charge in [0.05, 0.1) is 6.26 Å². The third-order valence-corrected chi connectivity index (χ3v) is 3.81. The van der Waals surface area contributed by atoms with Gasteiger partial charge in [-0.1, -0.05) is 24.3 Å². The van der Waals surface area contributed by atoms with E-state index in [-0.39, 0.29) is 0 Å². The first-order valence-corrected chi connectivity index (χ1v) is 6.44. The van der Waals surface area contributed by atoms with E-state index in [9.17, 15) is 8.42 Å². The second-order valence-corrected chi connectivity index (χ2v) is 5.60. The third-order valence-electron chi connectivity index (χ3n) is 2.56. The Morgan fingerprint density at radius 1 is 1.21 bits per heavy atom. The second kappa shape index (κ2) is 3.37. The quantitative estimate of drug-likeness (QED) is 0.693. The van der Waals surface area contributed by atoms with Crippen LogP contribution in [0.3, 0.4) is 0 Å². The molecule has 0 saturated carbocycles. The number of hydrogen-bond acceptors (Lipinski definition) is 2.